The van der Waals surface area contributed by atoms with E-state index in [1.807, 2.05) is 6.07 Å². The number of para-hydroxylation sites is 4. The standard InChI is InChI=1S/C51H40N4O/c1-36-26-28-39(29-27-36)52-34-53-47-23-9-8-20-45(47)46-31-30-42(33-50(46)53)56-41-19-12-18-40(32-41)54-35-55(49-25-11-10-24-48(49)54)51-43(37-14-4-2-5-15-37)21-13-22-44(51)38-16-6-3-7-17-38/h2-33,52H,34-35H2,1H3. The van der Waals surface area contributed by atoms with Gasteiger partial charge in [-0.05, 0) is 72.6 Å². The van der Waals surface area contributed by atoms with E-state index in [4.69, 9.17) is 4.74 Å². The van der Waals surface area contributed by atoms with Gasteiger partial charge in [0.15, 0.2) is 0 Å². The second-order valence-electron chi connectivity index (χ2n) is 14.3. The van der Waals surface area contributed by atoms with E-state index in [-0.39, 0.29) is 0 Å². The normalized spacial score (nSPS) is 12.3. The van der Waals surface area contributed by atoms with Crippen LogP contribution in [0.1, 0.15) is 5.56 Å². The number of aromatic nitrogens is 1. The molecule has 2 heterocycles. The van der Waals surface area contributed by atoms with Crippen molar-refractivity contribution in [3.63, 3.8) is 0 Å². The largest absolute Gasteiger partial charge is 0.457 e. The molecule has 1 aromatic heterocycles. The van der Waals surface area contributed by atoms with Gasteiger partial charge in [0, 0.05) is 45.4 Å². The highest BCUT2D eigenvalue weighted by atomic mass is 16.5. The summed E-state index contributed by atoms with van der Waals surface area (Å²) in [6.07, 6.45) is 0. The molecule has 0 fully saturated rings. The minimum absolute atomic E-state index is 0.635. The summed E-state index contributed by atoms with van der Waals surface area (Å²) < 4.78 is 9.03. The summed E-state index contributed by atoms with van der Waals surface area (Å²) in [4.78, 5) is 4.85. The Morgan fingerprint density at radius 2 is 1.11 bits per heavy atom. The number of aryl methyl sites for hydroxylation is 1. The highest BCUT2D eigenvalue weighted by molar-refractivity contribution is 6.08. The summed E-state index contributed by atoms with van der Waals surface area (Å²) in [6, 6.07) is 68.8. The molecule has 1 aliphatic rings. The van der Waals surface area contributed by atoms with Crippen molar-refractivity contribution < 1.29 is 4.74 Å². The molecule has 5 heteroatoms. The Hall–Kier alpha value is -7.24. The number of ether oxygens (including phenoxy) is 1. The first-order valence-corrected chi connectivity index (χ1v) is 19.2. The zero-order chi connectivity index (χ0) is 37.4. The third kappa shape index (κ3) is 6.09. The van der Waals surface area contributed by atoms with Crippen molar-refractivity contribution in [3.8, 4) is 33.8 Å². The fourth-order valence-electron chi connectivity index (χ4n) is 8.12. The number of nitrogens with zero attached hydrogens (tertiary/aromatic N) is 3. The molecule has 0 radical (unpaired) electrons. The van der Waals surface area contributed by atoms with Gasteiger partial charge in [-0.1, -0.05) is 133 Å². The van der Waals surface area contributed by atoms with Gasteiger partial charge in [-0.25, -0.2) is 0 Å². The molecule has 0 saturated heterocycles. The van der Waals surface area contributed by atoms with Gasteiger partial charge in [0.2, 0.25) is 0 Å². The Bertz CT molecular complexity index is 2770. The summed E-state index contributed by atoms with van der Waals surface area (Å²) >= 11 is 0. The zero-order valence-corrected chi connectivity index (χ0v) is 31.1. The molecular formula is C51H40N4O. The second kappa shape index (κ2) is 14.2. The molecule has 0 aliphatic carbocycles. The maximum atomic E-state index is 6.69. The molecule has 9 aromatic rings. The SMILES string of the molecule is Cc1ccc(NCn2c3ccccc3c3ccc(Oc4cccc(N5CN(c6c(-c7ccccc7)cccc6-c6ccccc6)c6ccccc65)c4)cc32)cc1. The third-order valence-electron chi connectivity index (χ3n) is 10.8. The Labute approximate surface area is 327 Å². The van der Waals surface area contributed by atoms with Crippen LogP contribution in [0.2, 0.25) is 0 Å². The van der Waals surface area contributed by atoms with Crippen LogP contribution in [0.3, 0.4) is 0 Å². The molecule has 0 atom stereocenters. The molecule has 0 amide bonds. The first-order chi connectivity index (χ1) is 27.7. The molecule has 0 bridgehead atoms. The lowest BCUT2D eigenvalue weighted by atomic mass is 9.95. The van der Waals surface area contributed by atoms with Gasteiger partial charge >= 0.3 is 0 Å². The zero-order valence-electron chi connectivity index (χ0n) is 31.1. The van der Waals surface area contributed by atoms with Crippen molar-refractivity contribution in [2.24, 2.45) is 0 Å². The minimum Gasteiger partial charge on any atom is -0.457 e. The summed E-state index contributed by atoms with van der Waals surface area (Å²) in [5, 5.41) is 6.05. The maximum absolute atomic E-state index is 6.69. The van der Waals surface area contributed by atoms with Gasteiger partial charge in [0.25, 0.3) is 0 Å². The van der Waals surface area contributed by atoms with Crippen LogP contribution in [-0.2, 0) is 6.67 Å². The number of fused-ring (bicyclic) bond motifs is 4. The van der Waals surface area contributed by atoms with E-state index in [0.717, 1.165) is 39.8 Å². The lowest BCUT2D eigenvalue weighted by Crippen LogP contribution is -2.24. The van der Waals surface area contributed by atoms with Crippen molar-refractivity contribution in [1.29, 1.82) is 0 Å². The van der Waals surface area contributed by atoms with Crippen molar-refractivity contribution in [3.05, 3.63) is 200 Å². The molecule has 270 valence electrons. The van der Waals surface area contributed by atoms with Crippen molar-refractivity contribution in [1.82, 2.24) is 4.57 Å². The number of hydrogen-bond donors (Lipinski definition) is 1. The van der Waals surface area contributed by atoms with E-state index < -0.39 is 0 Å². The smallest absolute Gasteiger partial charge is 0.129 e. The predicted octanol–water partition coefficient (Wildman–Crippen LogP) is 13.5. The molecular weight excluding hydrogens is 685 g/mol. The molecule has 0 spiro atoms. The van der Waals surface area contributed by atoms with Crippen molar-refractivity contribution in [2.75, 3.05) is 21.8 Å². The Morgan fingerprint density at radius 3 is 1.84 bits per heavy atom. The Balaban J connectivity index is 0.998. The summed E-state index contributed by atoms with van der Waals surface area (Å²) in [7, 11) is 0. The van der Waals surface area contributed by atoms with Gasteiger partial charge in [-0.2, -0.15) is 0 Å². The highest BCUT2D eigenvalue weighted by Gasteiger charge is 2.31. The van der Waals surface area contributed by atoms with Crippen LogP contribution < -0.4 is 19.9 Å². The molecule has 1 N–H and O–H groups in total. The molecule has 8 aromatic carbocycles. The monoisotopic (exact) mass is 724 g/mol. The van der Waals surface area contributed by atoms with E-state index in [0.29, 0.717) is 13.3 Å². The minimum atomic E-state index is 0.635. The van der Waals surface area contributed by atoms with Crippen LogP contribution in [-0.4, -0.2) is 11.2 Å². The first-order valence-electron chi connectivity index (χ1n) is 19.2. The average Bonchev–Trinajstić information content (AvgIpc) is 3.79. The van der Waals surface area contributed by atoms with Gasteiger partial charge in [-0.3, -0.25) is 0 Å². The van der Waals surface area contributed by atoms with E-state index in [2.05, 4.69) is 215 Å². The third-order valence-corrected chi connectivity index (χ3v) is 10.8. The van der Waals surface area contributed by atoms with E-state index in [1.165, 1.54) is 49.8 Å². The Morgan fingerprint density at radius 1 is 0.500 bits per heavy atom. The molecule has 10 rings (SSSR count). The van der Waals surface area contributed by atoms with Gasteiger partial charge in [0.05, 0.1) is 34.8 Å². The van der Waals surface area contributed by atoms with Gasteiger partial charge < -0.3 is 24.4 Å². The Kier molecular flexibility index (Phi) is 8.45. The van der Waals surface area contributed by atoms with Crippen LogP contribution in [0.5, 0.6) is 11.5 Å². The molecule has 1 aliphatic heterocycles. The number of hydrogen-bond acceptors (Lipinski definition) is 4. The average molecular weight is 725 g/mol. The fourth-order valence-corrected chi connectivity index (χ4v) is 8.12. The number of nitrogens with one attached hydrogen (secondary N) is 1. The van der Waals surface area contributed by atoms with Gasteiger partial charge in [0.1, 0.15) is 18.2 Å². The molecule has 56 heavy (non-hydrogen) atoms. The van der Waals surface area contributed by atoms with Crippen LogP contribution in [0.25, 0.3) is 44.1 Å². The van der Waals surface area contributed by atoms with E-state index >= 15 is 0 Å². The van der Waals surface area contributed by atoms with Crippen LogP contribution in [0, 0.1) is 6.92 Å². The number of benzene rings is 8. The summed E-state index contributed by atoms with van der Waals surface area (Å²) in [5.74, 6) is 1.58. The van der Waals surface area contributed by atoms with Crippen LogP contribution >= 0.6 is 0 Å². The lowest BCUT2D eigenvalue weighted by molar-refractivity contribution is 0.483. The first kappa shape index (κ1) is 33.3. The fraction of sp³-hybridized carbons (Fsp3) is 0.0588. The van der Waals surface area contributed by atoms with Crippen molar-refractivity contribution >= 4 is 50.2 Å². The summed E-state index contributed by atoms with van der Waals surface area (Å²) in [6.45, 7) is 3.39. The molecule has 5 nitrogen and oxygen atoms in total. The maximum Gasteiger partial charge on any atom is 0.129 e. The number of anilines is 5. The van der Waals surface area contributed by atoms with E-state index in [1.54, 1.807) is 0 Å². The predicted molar refractivity (Wildman–Crippen MR) is 234 cm³/mol. The van der Waals surface area contributed by atoms with Gasteiger partial charge in [-0.15, -0.1) is 0 Å². The molecule has 0 unspecified atom stereocenters. The van der Waals surface area contributed by atoms with Crippen LogP contribution in [0.4, 0.5) is 28.4 Å². The van der Waals surface area contributed by atoms with Crippen LogP contribution in [0.15, 0.2) is 194 Å². The molecule has 0 saturated carbocycles. The lowest BCUT2D eigenvalue weighted by Gasteiger charge is -2.27. The quantitative estimate of drug-likeness (QED) is 0.161. The van der Waals surface area contributed by atoms with Crippen molar-refractivity contribution in [2.45, 2.75) is 13.6 Å². The number of rotatable bonds is 9. The summed E-state index contributed by atoms with van der Waals surface area (Å²) in [5.41, 5.74) is 14.0. The second-order valence-corrected chi connectivity index (χ2v) is 14.3. The highest BCUT2D eigenvalue weighted by Crippen LogP contribution is 2.50. The van der Waals surface area contributed by atoms with E-state index in [9.17, 15) is 0 Å². The topological polar surface area (TPSA) is 32.7 Å².